The van der Waals surface area contributed by atoms with Crippen molar-refractivity contribution in [2.75, 3.05) is 44.4 Å². The molecule has 0 atom stereocenters. The minimum Gasteiger partial charge on any atom is -0.375 e. The second-order valence-electron chi connectivity index (χ2n) is 7.08. The van der Waals surface area contributed by atoms with Crippen molar-refractivity contribution in [3.8, 4) is 11.5 Å². The van der Waals surface area contributed by atoms with E-state index in [-0.39, 0.29) is 10.1 Å². The van der Waals surface area contributed by atoms with E-state index in [1.54, 1.807) is 18.3 Å². The monoisotopic (exact) mass is 431 g/mol. The third kappa shape index (κ3) is 3.93. The van der Waals surface area contributed by atoms with E-state index in [2.05, 4.69) is 24.6 Å². The van der Waals surface area contributed by atoms with Crippen LogP contribution in [-0.4, -0.2) is 72.1 Å². The van der Waals surface area contributed by atoms with E-state index < -0.39 is 9.84 Å². The molecule has 4 heterocycles. The molecule has 0 spiro atoms. The van der Waals surface area contributed by atoms with Crippen LogP contribution in [0.15, 0.2) is 41.6 Å². The highest BCUT2D eigenvalue weighted by atomic mass is 32.2. The summed E-state index contributed by atoms with van der Waals surface area (Å²) in [6.07, 6.45) is 3.10. The van der Waals surface area contributed by atoms with Gasteiger partial charge in [-0.1, -0.05) is 0 Å². The van der Waals surface area contributed by atoms with Crippen LogP contribution in [0, 0.1) is 0 Å². The maximum absolute atomic E-state index is 12.6. The van der Waals surface area contributed by atoms with Crippen LogP contribution in [-0.2, 0) is 9.84 Å². The third-order valence-electron chi connectivity index (χ3n) is 4.68. The molecule has 4 rings (SSSR count). The zero-order valence-corrected chi connectivity index (χ0v) is 17.9. The zero-order valence-electron chi connectivity index (χ0n) is 16.3. The van der Waals surface area contributed by atoms with Gasteiger partial charge in [-0.2, -0.15) is 9.36 Å². The SMILES string of the molecule is CN1CC(S(=O)(=O)c2ccc(-c3nsc(Nc4ncccc4N(C)C)n3)nc2)C1. The lowest BCUT2D eigenvalue weighted by atomic mass is 10.2. The van der Waals surface area contributed by atoms with Crippen LogP contribution < -0.4 is 10.2 Å². The summed E-state index contributed by atoms with van der Waals surface area (Å²) in [7, 11) is 2.43. The van der Waals surface area contributed by atoms with Crippen molar-refractivity contribution in [2.45, 2.75) is 10.1 Å². The average molecular weight is 432 g/mol. The van der Waals surface area contributed by atoms with Crippen LogP contribution in [0.5, 0.6) is 0 Å². The minimum absolute atomic E-state index is 0.233. The van der Waals surface area contributed by atoms with E-state index in [1.165, 1.54) is 17.7 Å². The number of aromatic nitrogens is 4. The first kappa shape index (κ1) is 19.7. The number of sulfone groups is 1. The lowest BCUT2D eigenvalue weighted by Gasteiger charge is -2.35. The molecular weight excluding hydrogens is 410 g/mol. The Balaban J connectivity index is 1.52. The molecule has 0 aliphatic carbocycles. The summed E-state index contributed by atoms with van der Waals surface area (Å²) in [4.78, 5) is 17.3. The maximum Gasteiger partial charge on any atom is 0.208 e. The van der Waals surface area contributed by atoms with Gasteiger partial charge in [0.2, 0.25) is 5.13 Å². The summed E-state index contributed by atoms with van der Waals surface area (Å²) in [5.74, 6) is 1.12. The van der Waals surface area contributed by atoms with Gasteiger partial charge in [-0.15, -0.1) is 0 Å². The molecular formula is C18H21N7O2S2. The highest BCUT2D eigenvalue weighted by molar-refractivity contribution is 7.92. The smallest absolute Gasteiger partial charge is 0.208 e. The normalized spacial score (nSPS) is 15.1. The van der Waals surface area contributed by atoms with Crippen LogP contribution in [0.25, 0.3) is 11.5 Å². The summed E-state index contributed by atoms with van der Waals surface area (Å²) in [6.45, 7) is 1.10. The fraction of sp³-hybridized carbons (Fsp3) is 0.333. The van der Waals surface area contributed by atoms with Gasteiger partial charge in [0.05, 0.1) is 15.8 Å². The standard InChI is InChI=1S/C18H21N7O2S2/c1-24(2)15-5-4-8-19-17(15)22-18-21-16(23-28-18)14-7-6-12(9-20-14)29(26,27)13-10-25(3)11-13/h4-9,13H,10-11H2,1-3H3,(H,19,21,22,23). The number of pyridine rings is 2. The van der Waals surface area contributed by atoms with Crippen LogP contribution in [0.2, 0.25) is 0 Å². The second kappa shape index (κ2) is 7.65. The molecule has 3 aromatic rings. The molecule has 29 heavy (non-hydrogen) atoms. The Morgan fingerprint density at radius 1 is 1.21 bits per heavy atom. The summed E-state index contributed by atoms with van der Waals surface area (Å²) >= 11 is 1.19. The van der Waals surface area contributed by atoms with Gasteiger partial charge in [-0.3, -0.25) is 4.98 Å². The second-order valence-corrected chi connectivity index (χ2v) is 10.1. The minimum atomic E-state index is -3.35. The number of likely N-dealkylation sites (tertiary alicyclic amines) is 1. The molecule has 1 aliphatic heterocycles. The van der Waals surface area contributed by atoms with Gasteiger partial charge in [0.15, 0.2) is 21.5 Å². The van der Waals surface area contributed by atoms with E-state index in [9.17, 15) is 8.42 Å². The van der Waals surface area contributed by atoms with Crippen molar-refractivity contribution in [3.63, 3.8) is 0 Å². The first-order valence-corrected chi connectivity index (χ1v) is 11.3. The van der Waals surface area contributed by atoms with E-state index in [1.807, 2.05) is 43.1 Å². The van der Waals surface area contributed by atoms with Crippen molar-refractivity contribution in [2.24, 2.45) is 0 Å². The molecule has 1 saturated heterocycles. The molecule has 0 radical (unpaired) electrons. The quantitative estimate of drug-likeness (QED) is 0.626. The lowest BCUT2D eigenvalue weighted by Crippen LogP contribution is -2.52. The van der Waals surface area contributed by atoms with Crippen LogP contribution in [0.4, 0.5) is 16.6 Å². The summed E-state index contributed by atoms with van der Waals surface area (Å²) < 4.78 is 29.5. The fourth-order valence-electron chi connectivity index (χ4n) is 3.04. The van der Waals surface area contributed by atoms with Crippen molar-refractivity contribution in [1.29, 1.82) is 0 Å². The van der Waals surface area contributed by atoms with Gasteiger partial charge in [0.1, 0.15) is 5.69 Å². The highest BCUT2D eigenvalue weighted by Crippen LogP contribution is 2.28. The first-order valence-electron chi connectivity index (χ1n) is 8.96. The molecule has 9 nitrogen and oxygen atoms in total. The Morgan fingerprint density at radius 2 is 2.00 bits per heavy atom. The number of anilines is 3. The highest BCUT2D eigenvalue weighted by Gasteiger charge is 2.36. The average Bonchev–Trinajstić information content (AvgIpc) is 3.14. The number of rotatable bonds is 6. The van der Waals surface area contributed by atoms with Crippen LogP contribution >= 0.6 is 11.5 Å². The van der Waals surface area contributed by atoms with Crippen LogP contribution in [0.3, 0.4) is 0 Å². The van der Waals surface area contributed by atoms with Gasteiger partial charge >= 0.3 is 0 Å². The predicted octanol–water partition coefficient (Wildman–Crippen LogP) is 1.89. The molecule has 0 amide bonds. The van der Waals surface area contributed by atoms with Gasteiger partial charge in [-0.25, -0.2) is 13.4 Å². The van der Waals surface area contributed by atoms with Crippen LogP contribution in [0.1, 0.15) is 0 Å². The Bertz CT molecular complexity index is 1110. The van der Waals surface area contributed by atoms with E-state index in [4.69, 9.17) is 0 Å². The Morgan fingerprint density at radius 3 is 2.66 bits per heavy atom. The lowest BCUT2D eigenvalue weighted by molar-refractivity contribution is 0.232. The molecule has 1 fully saturated rings. The predicted molar refractivity (Wildman–Crippen MR) is 113 cm³/mol. The third-order valence-corrected chi connectivity index (χ3v) is 7.39. The molecule has 1 aliphatic rings. The van der Waals surface area contributed by atoms with Gasteiger partial charge < -0.3 is 15.1 Å². The van der Waals surface area contributed by atoms with Gasteiger partial charge in [-0.05, 0) is 31.3 Å². The Hall–Kier alpha value is -2.63. The van der Waals surface area contributed by atoms with Crippen molar-refractivity contribution in [1.82, 2.24) is 24.2 Å². The fourth-order valence-corrected chi connectivity index (χ4v) is 5.37. The van der Waals surface area contributed by atoms with E-state index in [0.29, 0.717) is 35.6 Å². The number of nitrogens with one attached hydrogen (secondary N) is 1. The molecule has 0 aromatic carbocycles. The zero-order chi connectivity index (χ0) is 20.6. The molecule has 3 aromatic heterocycles. The molecule has 0 saturated carbocycles. The number of hydrogen-bond donors (Lipinski definition) is 1. The van der Waals surface area contributed by atoms with Gasteiger partial charge in [0.25, 0.3) is 0 Å². The molecule has 0 unspecified atom stereocenters. The number of hydrogen-bond acceptors (Lipinski definition) is 10. The molecule has 11 heteroatoms. The van der Waals surface area contributed by atoms with Crippen molar-refractivity contribution < 1.29 is 8.42 Å². The summed E-state index contributed by atoms with van der Waals surface area (Å²) in [5, 5.41) is 3.40. The van der Waals surface area contributed by atoms with Crippen molar-refractivity contribution in [3.05, 3.63) is 36.7 Å². The van der Waals surface area contributed by atoms with E-state index in [0.717, 1.165) is 5.69 Å². The molecule has 152 valence electrons. The number of nitrogens with zero attached hydrogens (tertiary/aromatic N) is 6. The maximum atomic E-state index is 12.6. The Kier molecular flexibility index (Phi) is 5.19. The Labute approximate surface area is 173 Å². The molecule has 1 N–H and O–H groups in total. The largest absolute Gasteiger partial charge is 0.375 e. The first-order chi connectivity index (χ1) is 13.8. The van der Waals surface area contributed by atoms with E-state index >= 15 is 0 Å². The summed E-state index contributed by atoms with van der Waals surface area (Å²) in [6, 6.07) is 7.05. The topological polar surface area (TPSA) is 104 Å². The molecule has 0 bridgehead atoms. The summed E-state index contributed by atoms with van der Waals surface area (Å²) in [5.41, 5.74) is 1.45. The van der Waals surface area contributed by atoms with Crippen molar-refractivity contribution >= 4 is 38.0 Å². The van der Waals surface area contributed by atoms with Gasteiger partial charge in [0, 0.05) is 51.1 Å².